The van der Waals surface area contributed by atoms with Crippen molar-refractivity contribution in [2.45, 2.75) is 13.5 Å². The van der Waals surface area contributed by atoms with Crippen molar-refractivity contribution in [1.82, 2.24) is 10.3 Å². The predicted molar refractivity (Wildman–Crippen MR) is 86.1 cm³/mol. The number of urea groups is 1. The summed E-state index contributed by atoms with van der Waals surface area (Å²) in [5.74, 6) is 0.624. The van der Waals surface area contributed by atoms with Crippen LogP contribution in [0.2, 0.25) is 5.02 Å². The fourth-order valence-electron chi connectivity index (χ4n) is 2.12. The van der Waals surface area contributed by atoms with Gasteiger partial charge in [-0.1, -0.05) is 23.7 Å². The van der Waals surface area contributed by atoms with Crippen molar-refractivity contribution < 1.29 is 9.21 Å². The van der Waals surface area contributed by atoms with Gasteiger partial charge in [-0.3, -0.25) is 0 Å². The molecule has 0 aliphatic carbocycles. The number of aromatic nitrogens is 1. The number of aryl methyl sites for hydroxylation is 1. The lowest BCUT2D eigenvalue weighted by atomic mass is 10.2. The zero-order valence-corrected chi connectivity index (χ0v) is 12.6. The maximum absolute atomic E-state index is 11.9. The van der Waals surface area contributed by atoms with Crippen molar-refractivity contribution in [3.05, 3.63) is 58.9 Å². The summed E-state index contributed by atoms with van der Waals surface area (Å²) in [6.07, 6.45) is 0. The molecule has 0 aliphatic heterocycles. The summed E-state index contributed by atoms with van der Waals surface area (Å²) in [5, 5.41) is 6.08. The van der Waals surface area contributed by atoms with Crippen LogP contribution in [0, 0.1) is 6.92 Å². The summed E-state index contributed by atoms with van der Waals surface area (Å²) in [6.45, 7) is 2.19. The summed E-state index contributed by atoms with van der Waals surface area (Å²) in [7, 11) is 0. The zero-order valence-electron chi connectivity index (χ0n) is 11.9. The molecule has 0 radical (unpaired) electrons. The zero-order chi connectivity index (χ0) is 15.5. The van der Waals surface area contributed by atoms with Crippen LogP contribution < -0.4 is 10.6 Å². The van der Waals surface area contributed by atoms with E-state index in [0.717, 1.165) is 11.1 Å². The first-order valence-corrected chi connectivity index (χ1v) is 7.14. The fraction of sp³-hybridized carbons (Fsp3) is 0.125. The Bertz CT molecular complexity index is 829. The topological polar surface area (TPSA) is 67.2 Å². The third-order valence-corrected chi connectivity index (χ3v) is 3.33. The van der Waals surface area contributed by atoms with Crippen LogP contribution in [0.15, 0.2) is 46.9 Å². The number of nitrogens with zero attached hydrogens (tertiary/aromatic N) is 1. The van der Waals surface area contributed by atoms with Crippen LogP contribution in [0.5, 0.6) is 0 Å². The van der Waals surface area contributed by atoms with Gasteiger partial charge in [-0.25, -0.2) is 9.78 Å². The number of rotatable bonds is 3. The molecule has 2 aromatic carbocycles. The summed E-state index contributed by atoms with van der Waals surface area (Å²) >= 11 is 5.87. The van der Waals surface area contributed by atoms with Crippen molar-refractivity contribution in [3.8, 4) is 0 Å². The van der Waals surface area contributed by atoms with E-state index in [0.29, 0.717) is 28.7 Å². The highest BCUT2D eigenvalue weighted by Gasteiger charge is 2.05. The molecule has 0 bridgehead atoms. The molecule has 1 aromatic heterocycles. The van der Waals surface area contributed by atoms with Gasteiger partial charge in [0.15, 0.2) is 11.5 Å². The molecule has 0 saturated heterocycles. The van der Waals surface area contributed by atoms with E-state index >= 15 is 0 Å². The molecule has 112 valence electrons. The largest absolute Gasteiger partial charge is 0.441 e. The maximum atomic E-state index is 11.9. The van der Waals surface area contributed by atoms with Gasteiger partial charge < -0.3 is 15.1 Å². The summed E-state index contributed by atoms with van der Waals surface area (Å²) < 4.78 is 5.47. The number of anilines is 1. The smallest absolute Gasteiger partial charge is 0.319 e. The Morgan fingerprint density at radius 3 is 2.95 bits per heavy atom. The molecule has 0 fully saturated rings. The third kappa shape index (κ3) is 3.38. The van der Waals surface area contributed by atoms with E-state index in [1.807, 2.05) is 18.2 Å². The number of carbonyl (C=O) groups excluding carboxylic acids is 1. The predicted octanol–water partition coefficient (Wildman–Crippen LogP) is 4.11. The number of hydrogen-bond donors (Lipinski definition) is 2. The monoisotopic (exact) mass is 315 g/mol. The van der Waals surface area contributed by atoms with Crippen molar-refractivity contribution in [2.24, 2.45) is 0 Å². The van der Waals surface area contributed by atoms with Gasteiger partial charge in [0.1, 0.15) is 5.52 Å². The van der Waals surface area contributed by atoms with Crippen molar-refractivity contribution >= 4 is 34.4 Å². The third-order valence-electron chi connectivity index (χ3n) is 3.10. The average Bonchev–Trinajstić information content (AvgIpc) is 2.84. The van der Waals surface area contributed by atoms with E-state index in [1.54, 1.807) is 31.2 Å². The van der Waals surface area contributed by atoms with E-state index in [1.165, 1.54) is 0 Å². The van der Waals surface area contributed by atoms with Crippen LogP contribution in [-0.4, -0.2) is 11.0 Å². The Morgan fingerprint density at radius 1 is 1.27 bits per heavy atom. The molecule has 3 rings (SSSR count). The number of benzene rings is 2. The number of oxazole rings is 1. The lowest BCUT2D eigenvalue weighted by Gasteiger charge is -2.08. The molecular weight excluding hydrogens is 302 g/mol. The van der Waals surface area contributed by atoms with E-state index in [2.05, 4.69) is 15.6 Å². The molecule has 0 atom stereocenters. The molecule has 5 nitrogen and oxygen atoms in total. The fourth-order valence-corrected chi connectivity index (χ4v) is 2.31. The number of carbonyl (C=O) groups is 1. The van der Waals surface area contributed by atoms with Crippen molar-refractivity contribution in [3.63, 3.8) is 0 Å². The molecule has 0 spiro atoms. The molecule has 0 unspecified atom stereocenters. The van der Waals surface area contributed by atoms with Gasteiger partial charge in [0.25, 0.3) is 0 Å². The second-order valence-electron chi connectivity index (χ2n) is 4.85. The second-order valence-corrected chi connectivity index (χ2v) is 5.29. The van der Waals surface area contributed by atoms with Gasteiger partial charge >= 0.3 is 6.03 Å². The normalized spacial score (nSPS) is 10.6. The minimum atomic E-state index is -0.295. The molecule has 22 heavy (non-hydrogen) atoms. The number of hydrogen-bond acceptors (Lipinski definition) is 3. The lowest BCUT2D eigenvalue weighted by Crippen LogP contribution is -2.28. The first kappa shape index (κ1) is 14.4. The van der Waals surface area contributed by atoms with Gasteiger partial charge in [-0.15, -0.1) is 0 Å². The van der Waals surface area contributed by atoms with E-state index < -0.39 is 0 Å². The summed E-state index contributed by atoms with van der Waals surface area (Å²) in [5.41, 5.74) is 3.10. The molecular formula is C16H14ClN3O2. The molecule has 0 saturated carbocycles. The standard InChI is InChI=1S/C16H14ClN3O2/c1-10-19-14-6-5-11(7-15(14)22-10)9-18-16(21)20-13-4-2-3-12(17)8-13/h2-8H,9H2,1H3,(H2,18,20,21). The van der Waals surface area contributed by atoms with Gasteiger partial charge in [-0.2, -0.15) is 0 Å². The van der Waals surface area contributed by atoms with Crippen LogP contribution >= 0.6 is 11.6 Å². The van der Waals surface area contributed by atoms with Gasteiger partial charge in [0.2, 0.25) is 0 Å². The maximum Gasteiger partial charge on any atom is 0.319 e. The van der Waals surface area contributed by atoms with E-state index in [9.17, 15) is 4.79 Å². The van der Waals surface area contributed by atoms with Gasteiger partial charge in [0.05, 0.1) is 0 Å². The molecule has 1 heterocycles. The van der Waals surface area contributed by atoms with Crippen molar-refractivity contribution in [2.75, 3.05) is 5.32 Å². The molecule has 2 amide bonds. The highest BCUT2D eigenvalue weighted by atomic mass is 35.5. The Hall–Kier alpha value is -2.53. The number of amides is 2. The van der Waals surface area contributed by atoms with Gasteiger partial charge in [-0.05, 0) is 35.9 Å². The minimum Gasteiger partial charge on any atom is -0.441 e. The molecule has 3 aromatic rings. The molecule has 6 heteroatoms. The van der Waals surface area contributed by atoms with Crippen LogP contribution in [0.3, 0.4) is 0 Å². The highest BCUT2D eigenvalue weighted by molar-refractivity contribution is 6.30. The second kappa shape index (κ2) is 6.07. The van der Waals surface area contributed by atoms with Crippen LogP contribution in [-0.2, 0) is 6.54 Å². The summed E-state index contributed by atoms with van der Waals surface area (Å²) in [6, 6.07) is 12.3. The first-order chi connectivity index (χ1) is 10.6. The van der Waals surface area contributed by atoms with E-state index in [4.69, 9.17) is 16.0 Å². The number of halogens is 1. The van der Waals surface area contributed by atoms with Crippen LogP contribution in [0.4, 0.5) is 10.5 Å². The average molecular weight is 316 g/mol. The summed E-state index contributed by atoms with van der Waals surface area (Å²) in [4.78, 5) is 16.1. The molecule has 2 N–H and O–H groups in total. The van der Waals surface area contributed by atoms with Crippen LogP contribution in [0.25, 0.3) is 11.1 Å². The Morgan fingerprint density at radius 2 is 2.14 bits per heavy atom. The van der Waals surface area contributed by atoms with E-state index in [-0.39, 0.29) is 6.03 Å². The lowest BCUT2D eigenvalue weighted by molar-refractivity contribution is 0.251. The SMILES string of the molecule is Cc1nc2ccc(CNC(=O)Nc3cccc(Cl)c3)cc2o1. The van der Waals surface area contributed by atoms with Gasteiger partial charge in [0, 0.05) is 24.2 Å². The number of fused-ring (bicyclic) bond motifs is 1. The quantitative estimate of drug-likeness (QED) is 0.764. The Kier molecular flexibility index (Phi) is 3.98. The highest BCUT2D eigenvalue weighted by Crippen LogP contribution is 2.17. The van der Waals surface area contributed by atoms with Crippen molar-refractivity contribution in [1.29, 1.82) is 0 Å². The first-order valence-electron chi connectivity index (χ1n) is 6.77. The molecule has 0 aliphatic rings. The minimum absolute atomic E-state index is 0.295. The Balaban J connectivity index is 1.62. The number of nitrogens with one attached hydrogen (secondary N) is 2. The Labute approximate surface area is 132 Å². The van der Waals surface area contributed by atoms with Crippen LogP contribution in [0.1, 0.15) is 11.5 Å².